The molecular weight excluding hydrogens is 224 g/mol. The minimum atomic E-state index is -1.00. The average molecular weight is 252 g/mol. The summed E-state index contributed by atoms with van der Waals surface area (Å²) in [4.78, 5) is 0. The van der Waals surface area contributed by atoms with Crippen LogP contribution in [0.4, 0.5) is 0 Å². The van der Waals surface area contributed by atoms with Crippen LogP contribution in [-0.2, 0) is 0 Å². The zero-order valence-electron chi connectivity index (χ0n) is 12.1. The Bertz CT molecular complexity index is 302. The standard InChI is InChI=1S/C16H28O2/c1-14(2,17)15(3,18)10-16-7-11-4-12(8-16)6-13(5-11)9-16/h11-13,17-18H,4-10H2,1-3H3. The van der Waals surface area contributed by atoms with Crippen molar-refractivity contribution in [2.45, 2.75) is 76.9 Å². The molecule has 4 bridgehead atoms. The first kappa shape index (κ1) is 12.9. The van der Waals surface area contributed by atoms with E-state index in [0.717, 1.165) is 24.2 Å². The lowest BCUT2D eigenvalue weighted by Crippen LogP contribution is -2.55. The SMILES string of the molecule is CC(C)(O)C(C)(O)CC12CC3CC(CC(C3)C1)C2. The topological polar surface area (TPSA) is 40.5 Å². The van der Waals surface area contributed by atoms with E-state index in [-0.39, 0.29) is 0 Å². The Labute approximate surface area is 111 Å². The predicted octanol–water partition coefficient (Wildman–Crippen LogP) is 3.11. The summed E-state index contributed by atoms with van der Waals surface area (Å²) in [7, 11) is 0. The van der Waals surface area contributed by atoms with Gasteiger partial charge in [-0.25, -0.2) is 0 Å². The Kier molecular flexibility index (Phi) is 2.68. The van der Waals surface area contributed by atoms with Gasteiger partial charge in [0.1, 0.15) is 0 Å². The molecule has 4 aliphatic rings. The molecule has 4 aliphatic carbocycles. The first-order chi connectivity index (χ1) is 8.19. The minimum absolute atomic E-state index is 0.332. The van der Waals surface area contributed by atoms with Gasteiger partial charge < -0.3 is 10.2 Å². The van der Waals surface area contributed by atoms with E-state index in [1.54, 1.807) is 13.8 Å². The molecule has 4 rings (SSSR count). The molecule has 0 aromatic carbocycles. The second kappa shape index (κ2) is 3.73. The molecule has 0 heterocycles. The first-order valence-electron chi connectivity index (χ1n) is 7.64. The molecule has 0 aromatic rings. The Balaban J connectivity index is 1.80. The fourth-order valence-electron chi connectivity index (χ4n) is 5.45. The lowest BCUT2D eigenvalue weighted by atomic mass is 9.47. The maximum absolute atomic E-state index is 10.7. The first-order valence-corrected chi connectivity index (χ1v) is 7.64. The number of rotatable bonds is 3. The molecule has 0 aromatic heterocycles. The molecule has 1 atom stereocenters. The molecule has 2 N–H and O–H groups in total. The van der Waals surface area contributed by atoms with Gasteiger partial charge in [0.2, 0.25) is 0 Å². The van der Waals surface area contributed by atoms with Crippen LogP contribution in [0.1, 0.15) is 65.7 Å². The molecular formula is C16H28O2. The molecule has 0 spiro atoms. The number of hydrogen-bond acceptors (Lipinski definition) is 2. The Morgan fingerprint density at radius 1 is 0.889 bits per heavy atom. The highest BCUT2D eigenvalue weighted by molar-refractivity contribution is 5.05. The zero-order valence-corrected chi connectivity index (χ0v) is 12.1. The van der Waals surface area contributed by atoms with Crippen LogP contribution < -0.4 is 0 Å². The van der Waals surface area contributed by atoms with E-state index in [1.165, 1.54) is 38.5 Å². The van der Waals surface area contributed by atoms with Crippen LogP contribution in [0, 0.1) is 23.2 Å². The van der Waals surface area contributed by atoms with Gasteiger partial charge in [0.25, 0.3) is 0 Å². The van der Waals surface area contributed by atoms with Gasteiger partial charge in [0.05, 0.1) is 11.2 Å². The van der Waals surface area contributed by atoms with Crippen LogP contribution in [0.15, 0.2) is 0 Å². The number of aliphatic hydroxyl groups is 2. The van der Waals surface area contributed by atoms with E-state index in [0.29, 0.717) is 5.41 Å². The van der Waals surface area contributed by atoms with Crippen LogP contribution in [-0.4, -0.2) is 21.4 Å². The number of hydrogen-bond donors (Lipinski definition) is 2. The highest BCUT2D eigenvalue weighted by Crippen LogP contribution is 2.62. The van der Waals surface area contributed by atoms with Gasteiger partial charge in [0, 0.05) is 0 Å². The van der Waals surface area contributed by atoms with Gasteiger partial charge in [-0.3, -0.25) is 0 Å². The van der Waals surface area contributed by atoms with Crippen molar-refractivity contribution in [1.29, 1.82) is 0 Å². The average Bonchev–Trinajstić information content (AvgIpc) is 2.10. The molecule has 2 nitrogen and oxygen atoms in total. The molecule has 4 fully saturated rings. The second-order valence-corrected chi connectivity index (χ2v) is 8.43. The van der Waals surface area contributed by atoms with Crippen LogP contribution >= 0.6 is 0 Å². The quantitative estimate of drug-likeness (QED) is 0.810. The fourth-order valence-corrected chi connectivity index (χ4v) is 5.45. The zero-order chi connectivity index (χ0) is 13.2. The normalized spacial score (nSPS) is 46.2. The van der Waals surface area contributed by atoms with E-state index < -0.39 is 11.2 Å². The van der Waals surface area contributed by atoms with Crippen molar-refractivity contribution in [3.63, 3.8) is 0 Å². The van der Waals surface area contributed by atoms with Crippen molar-refractivity contribution < 1.29 is 10.2 Å². The summed E-state index contributed by atoms with van der Waals surface area (Å²) >= 11 is 0. The maximum Gasteiger partial charge on any atom is 0.0905 e. The molecule has 2 heteroatoms. The summed E-state index contributed by atoms with van der Waals surface area (Å²) < 4.78 is 0. The van der Waals surface area contributed by atoms with Gasteiger partial charge in [-0.15, -0.1) is 0 Å². The molecule has 0 aliphatic heterocycles. The smallest absolute Gasteiger partial charge is 0.0905 e. The largest absolute Gasteiger partial charge is 0.387 e. The minimum Gasteiger partial charge on any atom is -0.387 e. The van der Waals surface area contributed by atoms with Crippen molar-refractivity contribution >= 4 is 0 Å². The lowest BCUT2D eigenvalue weighted by Gasteiger charge is -2.59. The van der Waals surface area contributed by atoms with Crippen LogP contribution in [0.25, 0.3) is 0 Å². The lowest BCUT2D eigenvalue weighted by molar-refractivity contribution is -0.167. The predicted molar refractivity (Wildman–Crippen MR) is 72.1 cm³/mol. The molecule has 4 saturated carbocycles. The van der Waals surface area contributed by atoms with Crippen LogP contribution in [0.3, 0.4) is 0 Å². The highest BCUT2D eigenvalue weighted by Gasteiger charge is 2.54. The monoisotopic (exact) mass is 252 g/mol. The van der Waals surface area contributed by atoms with Gasteiger partial charge >= 0.3 is 0 Å². The summed E-state index contributed by atoms with van der Waals surface area (Å²) in [6.07, 6.45) is 8.98. The Morgan fingerprint density at radius 3 is 1.61 bits per heavy atom. The van der Waals surface area contributed by atoms with E-state index in [9.17, 15) is 10.2 Å². The van der Waals surface area contributed by atoms with Crippen LogP contribution in [0.5, 0.6) is 0 Å². The molecule has 18 heavy (non-hydrogen) atoms. The van der Waals surface area contributed by atoms with E-state index in [1.807, 2.05) is 6.92 Å². The third-order valence-corrected chi connectivity index (χ3v) is 6.20. The van der Waals surface area contributed by atoms with Crippen molar-refractivity contribution in [2.75, 3.05) is 0 Å². The summed E-state index contributed by atoms with van der Waals surface area (Å²) in [6.45, 7) is 5.31. The molecule has 104 valence electrons. The van der Waals surface area contributed by atoms with Gasteiger partial charge in [0.15, 0.2) is 0 Å². The Hall–Kier alpha value is -0.0800. The summed E-state index contributed by atoms with van der Waals surface area (Å²) in [6, 6.07) is 0. The van der Waals surface area contributed by atoms with Crippen molar-refractivity contribution in [3.05, 3.63) is 0 Å². The van der Waals surface area contributed by atoms with E-state index >= 15 is 0 Å². The maximum atomic E-state index is 10.7. The highest BCUT2D eigenvalue weighted by atomic mass is 16.4. The Morgan fingerprint density at radius 2 is 1.28 bits per heavy atom. The van der Waals surface area contributed by atoms with Crippen molar-refractivity contribution in [2.24, 2.45) is 23.2 Å². The van der Waals surface area contributed by atoms with Crippen molar-refractivity contribution in [1.82, 2.24) is 0 Å². The van der Waals surface area contributed by atoms with Crippen molar-refractivity contribution in [3.8, 4) is 0 Å². The second-order valence-electron chi connectivity index (χ2n) is 8.43. The summed E-state index contributed by atoms with van der Waals surface area (Å²) in [5, 5.41) is 20.9. The molecule has 1 unspecified atom stereocenters. The van der Waals surface area contributed by atoms with E-state index in [2.05, 4.69) is 0 Å². The summed E-state index contributed by atoms with van der Waals surface area (Å²) in [5.41, 5.74) is -1.63. The third kappa shape index (κ3) is 2.02. The van der Waals surface area contributed by atoms with Gasteiger partial charge in [-0.1, -0.05) is 0 Å². The van der Waals surface area contributed by atoms with E-state index in [4.69, 9.17) is 0 Å². The molecule has 0 radical (unpaired) electrons. The molecule has 0 saturated heterocycles. The van der Waals surface area contributed by atoms with Gasteiger partial charge in [-0.2, -0.15) is 0 Å². The summed E-state index contributed by atoms with van der Waals surface area (Å²) in [5.74, 6) is 2.73. The fraction of sp³-hybridized carbons (Fsp3) is 1.00. The van der Waals surface area contributed by atoms with Crippen LogP contribution in [0.2, 0.25) is 0 Å². The van der Waals surface area contributed by atoms with Gasteiger partial charge in [-0.05, 0) is 88.9 Å². The molecule has 0 amide bonds. The third-order valence-electron chi connectivity index (χ3n) is 6.20.